The number of hydrogen-bond donors (Lipinski definition) is 2. The van der Waals surface area contributed by atoms with E-state index >= 15 is 0 Å². The highest BCUT2D eigenvalue weighted by molar-refractivity contribution is 5.94. The number of rotatable bonds is 12. The van der Waals surface area contributed by atoms with E-state index in [9.17, 15) is 14.4 Å². The monoisotopic (exact) mass is 588 g/mol. The molecule has 2 heterocycles. The van der Waals surface area contributed by atoms with Crippen LogP contribution in [0.3, 0.4) is 0 Å². The Hall–Kier alpha value is -2.99. The number of amides is 2. The average Bonchev–Trinajstić information content (AvgIpc) is 2.87. The molecule has 234 valence electrons. The van der Waals surface area contributed by atoms with Gasteiger partial charge in [0, 0.05) is 30.7 Å². The Bertz CT molecular complexity index is 1160. The minimum Gasteiger partial charge on any atom is -0.497 e. The van der Waals surface area contributed by atoms with Crippen LogP contribution in [0.4, 0.5) is 0 Å². The van der Waals surface area contributed by atoms with Crippen molar-refractivity contribution < 1.29 is 33.6 Å². The summed E-state index contributed by atoms with van der Waals surface area (Å²) in [5.74, 6) is 0.0645. The fourth-order valence-corrected chi connectivity index (χ4v) is 5.84. The topological polar surface area (TPSA) is 119 Å². The van der Waals surface area contributed by atoms with Crippen LogP contribution in [0.15, 0.2) is 29.8 Å². The molecular formula is C31H48N4O7. The van der Waals surface area contributed by atoms with Crippen molar-refractivity contribution in [1.82, 2.24) is 20.4 Å². The van der Waals surface area contributed by atoms with Gasteiger partial charge in [0.15, 0.2) is 0 Å². The van der Waals surface area contributed by atoms with E-state index in [2.05, 4.69) is 10.6 Å². The van der Waals surface area contributed by atoms with Gasteiger partial charge in [0.1, 0.15) is 19.0 Å². The van der Waals surface area contributed by atoms with Crippen LogP contribution in [0.1, 0.15) is 61.0 Å². The molecule has 3 rings (SSSR count). The van der Waals surface area contributed by atoms with Crippen molar-refractivity contribution in [3.63, 3.8) is 0 Å². The van der Waals surface area contributed by atoms with Crippen LogP contribution in [0, 0.1) is 0 Å². The summed E-state index contributed by atoms with van der Waals surface area (Å²) in [5, 5.41) is 6.72. The minimum absolute atomic E-state index is 0.0103. The van der Waals surface area contributed by atoms with Crippen LogP contribution in [-0.2, 0) is 28.9 Å². The van der Waals surface area contributed by atoms with E-state index in [-0.39, 0.29) is 54.8 Å². The van der Waals surface area contributed by atoms with Crippen LogP contribution in [-0.4, -0.2) is 103 Å². The fourth-order valence-electron chi connectivity index (χ4n) is 5.84. The highest BCUT2D eigenvalue weighted by Gasteiger charge is 2.44. The molecule has 42 heavy (non-hydrogen) atoms. The molecule has 0 unspecified atom stereocenters. The van der Waals surface area contributed by atoms with Gasteiger partial charge in [-0.05, 0) is 79.2 Å². The molecule has 0 radical (unpaired) electrons. The third kappa shape index (κ3) is 9.00. The average molecular weight is 589 g/mol. The number of benzene rings is 1. The second kappa shape index (κ2) is 13.1. The van der Waals surface area contributed by atoms with Gasteiger partial charge < -0.3 is 19.3 Å². The van der Waals surface area contributed by atoms with Crippen LogP contribution in [0.2, 0.25) is 0 Å². The van der Waals surface area contributed by atoms with E-state index in [0.29, 0.717) is 25.4 Å². The smallest absolute Gasteiger partial charge is 0.336 e. The van der Waals surface area contributed by atoms with Gasteiger partial charge in [-0.15, -0.1) is 0 Å². The summed E-state index contributed by atoms with van der Waals surface area (Å²) in [6.07, 6.45) is 1.66. The molecule has 1 aromatic carbocycles. The number of carbonyl (C=O) groups is 3. The minimum atomic E-state index is -0.711. The van der Waals surface area contributed by atoms with Gasteiger partial charge >= 0.3 is 5.97 Å². The van der Waals surface area contributed by atoms with Gasteiger partial charge in [0.25, 0.3) is 0 Å². The lowest BCUT2D eigenvalue weighted by Gasteiger charge is -2.47. The van der Waals surface area contributed by atoms with E-state index in [1.165, 1.54) is 0 Å². The zero-order chi connectivity index (χ0) is 31.3. The first kappa shape index (κ1) is 33.5. The Kier molecular flexibility index (Phi) is 10.5. The van der Waals surface area contributed by atoms with Crippen molar-refractivity contribution >= 4 is 23.9 Å². The summed E-state index contributed by atoms with van der Waals surface area (Å²) in [6.45, 7) is 17.3. The van der Waals surface area contributed by atoms with Gasteiger partial charge in [-0.25, -0.2) is 14.6 Å². The predicted octanol–water partition coefficient (Wildman–Crippen LogP) is 2.55. The molecule has 0 aliphatic carbocycles. The lowest BCUT2D eigenvalue weighted by molar-refractivity contribution is -0.289. The van der Waals surface area contributed by atoms with Gasteiger partial charge in [0.2, 0.25) is 11.8 Å². The molecule has 1 aromatic rings. The highest BCUT2D eigenvalue weighted by Crippen LogP contribution is 2.23. The molecule has 11 nitrogen and oxygen atoms in total. The fraction of sp³-hybridized carbons (Fsp3) is 0.645. The largest absolute Gasteiger partial charge is 0.497 e. The molecule has 0 spiro atoms. The predicted molar refractivity (Wildman–Crippen MR) is 160 cm³/mol. The van der Waals surface area contributed by atoms with Crippen LogP contribution < -0.4 is 15.4 Å². The molecule has 0 saturated carbocycles. The second-order valence-corrected chi connectivity index (χ2v) is 13.4. The molecule has 11 heteroatoms. The maximum atomic E-state index is 13.1. The third-order valence-corrected chi connectivity index (χ3v) is 7.17. The van der Waals surface area contributed by atoms with Crippen molar-refractivity contribution in [1.29, 1.82) is 0 Å². The van der Waals surface area contributed by atoms with Crippen molar-refractivity contribution in [3.8, 4) is 5.75 Å². The SMILES string of the molecule is COc1ccc(C=C(COOCCN2CC(C)(C)NC(C)(C)C2=O)C(=O)OCCN2CC(C)(C)NC(C)(C)C2=O)cc1. The molecule has 2 aliphatic heterocycles. The Morgan fingerprint density at radius 3 is 1.81 bits per heavy atom. The zero-order valence-electron chi connectivity index (χ0n) is 26.6. The highest BCUT2D eigenvalue weighted by atomic mass is 17.2. The van der Waals surface area contributed by atoms with E-state index in [0.717, 1.165) is 5.56 Å². The summed E-state index contributed by atoms with van der Waals surface area (Å²) >= 11 is 0. The summed E-state index contributed by atoms with van der Waals surface area (Å²) in [5.41, 5.74) is -0.904. The van der Waals surface area contributed by atoms with E-state index in [1.54, 1.807) is 35.1 Å². The molecule has 2 N–H and O–H groups in total. The van der Waals surface area contributed by atoms with Crippen molar-refractivity contribution in [2.24, 2.45) is 0 Å². The third-order valence-electron chi connectivity index (χ3n) is 7.17. The first-order valence-corrected chi connectivity index (χ1v) is 14.4. The van der Waals surface area contributed by atoms with Crippen molar-refractivity contribution in [3.05, 3.63) is 35.4 Å². The lowest BCUT2D eigenvalue weighted by atomic mass is 9.90. The second-order valence-electron chi connectivity index (χ2n) is 13.4. The van der Waals surface area contributed by atoms with E-state index < -0.39 is 17.0 Å². The molecule has 0 aromatic heterocycles. The molecule has 0 atom stereocenters. The normalized spacial score (nSPS) is 21.3. The Labute approximate surface area is 249 Å². The quantitative estimate of drug-likeness (QED) is 0.125. The number of piperazine rings is 2. The molecule has 0 bridgehead atoms. The summed E-state index contributed by atoms with van der Waals surface area (Å²) in [7, 11) is 1.58. The number of carbonyl (C=O) groups excluding carboxylic acids is 3. The Morgan fingerprint density at radius 1 is 0.810 bits per heavy atom. The summed E-state index contributed by atoms with van der Waals surface area (Å²) < 4.78 is 10.8. The van der Waals surface area contributed by atoms with Gasteiger partial charge in [-0.2, -0.15) is 0 Å². The molecule has 2 saturated heterocycles. The molecule has 2 fully saturated rings. The van der Waals surface area contributed by atoms with E-state index in [4.69, 9.17) is 19.2 Å². The Balaban J connectivity index is 1.59. The standard InChI is InChI=1S/C31H48N4O7/c1-28(2)20-34(26(37)30(5,6)32-28)14-16-40-25(36)23(18-22-10-12-24(39-9)13-11-22)19-42-41-17-15-35-21-29(3,4)33-31(7,8)27(35)38/h10-13,18,32-33H,14-17,19-21H2,1-9H3. The maximum absolute atomic E-state index is 13.1. The van der Waals surface area contributed by atoms with Gasteiger partial charge in [-0.3, -0.25) is 20.2 Å². The Morgan fingerprint density at radius 2 is 1.31 bits per heavy atom. The zero-order valence-corrected chi connectivity index (χ0v) is 26.6. The van der Waals surface area contributed by atoms with Crippen LogP contribution >= 0.6 is 0 Å². The number of ether oxygens (including phenoxy) is 2. The first-order chi connectivity index (χ1) is 19.4. The van der Waals surface area contributed by atoms with Gasteiger partial charge in [-0.1, -0.05) is 12.1 Å². The first-order valence-electron chi connectivity index (χ1n) is 14.4. The van der Waals surface area contributed by atoms with E-state index in [1.807, 2.05) is 67.5 Å². The molecular weight excluding hydrogens is 540 g/mol. The lowest BCUT2D eigenvalue weighted by Crippen LogP contribution is -2.69. The number of esters is 1. The number of hydrogen-bond acceptors (Lipinski definition) is 9. The van der Waals surface area contributed by atoms with Crippen molar-refractivity contribution in [2.45, 2.75) is 77.5 Å². The van der Waals surface area contributed by atoms with Crippen molar-refractivity contribution in [2.75, 3.05) is 53.1 Å². The molecule has 2 aliphatic rings. The number of methoxy groups -OCH3 is 1. The summed E-state index contributed by atoms with van der Waals surface area (Å²) in [4.78, 5) is 53.1. The van der Waals surface area contributed by atoms with Gasteiger partial charge in [0.05, 0.1) is 36.9 Å². The van der Waals surface area contributed by atoms with Crippen LogP contribution in [0.5, 0.6) is 5.75 Å². The number of nitrogens with one attached hydrogen (secondary N) is 2. The van der Waals surface area contributed by atoms with Crippen LogP contribution in [0.25, 0.3) is 6.08 Å². The maximum Gasteiger partial charge on any atom is 0.336 e. The summed E-state index contributed by atoms with van der Waals surface area (Å²) in [6, 6.07) is 7.21. The molecule has 2 amide bonds. The number of nitrogens with zero attached hydrogens (tertiary/aromatic N) is 2.